The van der Waals surface area contributed by atoms with Crippen LogP contribution in [0.25, 0.3) is 0 Å². The molecule has 0 fully saturated rings. The van der Waals surface area contributed by atoms with Crippen molar-refractivity contribution < 1.29 is 0 Å². The van der Waals surface area contributed by atoms with Crippen molar-refractivity contribution in [1.82, 2.24) is 0 Å². The third-order valence-corrected chi connectivity index (χ3v) is 1.69. The average molecular weight is 175 g/mol. The first-order chi connectivity index (χ1) is 4.43. The Kier molecular flexibility index (Phi) is 4.73. The lowest BCUT2D eigenvalue weighted by atomic mass is 10.6. The molecule has 0 saturated heterocycles. The molecule has 1 heterocycles. The van der Waals surface area contributed by atoms with Crippen molar-refractivity contribution in [3.8, 4) is 6.07 Å². The van der Waals surface area contributed by atoms with Gasteiger partial charge in [0.15, 0.2) is 0 Å². The van der Waals surface area contributed by atoms with Crippen LogP contribution in [0.2, 0.25) is 0 Å². The topological polar surface area (TPSA) is 35.8 Å². The second kappa shape index (κ2) is 5.10. The molecule has 0 aliphatic heterocycles. The third kappa shape index (κ3) is 2.72. The van der Waals surface area contributed by atoms with E-state index in [1.54, 1.807) is 11.3 Å². The van der Waals surface area contributed by atoms with Crippen LogP contribution >= 0.6 is 23.7 Å². The van der Waals surface area contributed by atoms with E-state index >= 15 is 0 Å². The van der Waals surface area contributed by atoms with E-state index in [4.69, 9.17) is 5.26 Å². The van der Waals surface area contributed by atoms with Gasteiger partial charge in [-0.1, -0.05) is 0 Å². The summed E-state index contributed by atoms with van der Waals surface area (Å²) < 4.78 is 0. The van der Waals surface area contributed by atoms with Gasteiger partial charge in [0.25, 0.3) is 0 Å². The highest BCUT2D eigenvalue weighted by Gasteiger charge is 1.86. The van der Waals surface area contributed by atoms with Crippen molar-refractivity contribution in [2.45, 2.75) is 0 Å². The number of nitrogens with one attached hydrogen (secondary N) is 1. The normalized spacial score (nSPS) is 7.50. The summed E-state index contributed by atoms with van der Waals surface area (Å²) in [6.45, 7) is 0.389. The summed E-state index contributed by atoms with van der Waals surface area (Å²) in [4.78, 5) is 0. The van der Waals surface area contributed by atoms with Crippen molar-refractivity contribution in [3.05, 3.63) is 17.5 Å². The number of hydrogen-bond donors (Lipinski definition) is 1. The molecular weight excluding hydrogens is 168 g/mol. The van der Waals surface area contributed by atoms with E-state index in [9.17, 15) is 0 Å². The summed E-state index contributed by atoms with van der Waals surface area (Å²) in [5.74, 6) is 0. The first-order valence-electron chi connectivity index (χ1n) is 2.58. The minimum Gasteiger partial charge on any atom is -0.364 e. The largest absolute Gasteiger partial charge is 0.364 e. The maximum absolute atomic E-state index is 8.16. The fourth-order valence-corrected chi connectivity index (χ4v) is 1.12. The lowest BCUT2D eigenvalue weighted by molar-refractivity contribution is 1.34. The van der Waals surface area contributed by atoms with Gasteiger partial charge in [-0.15, -0.1) is 23.7 Å². The first kappa shape index (κ1) is 9.28. The Hall–Kier alpha value is -0.720. The summed E-state index contributed by atoms with van der Waals surface area (Å²) in [6.07, 6.45) is 0. The minimum absolute atomic E-state index is 0. The van der Waals surface area contributed by atoms with Crippen LogP contribution in [0.4, 0.5) is 5.00 Å². The highest BCUT2D eigenvalue weighted by Crippen LogP contribution is 2.13. The Balaban J connectivity index is 0.000000810. The Morgan fingerprint density at radius 2 is 2.50 bits per heavy atom. The van der Waals surface area contributed by atoms with E-state index in [1.807, 2.05) is 23.6 Å². The molecule has 0 atom stereocenters. The Morgan fingerprint density at radius 3 is 3.00 bits per heavy atom. The molecule has 2 nitrogen and oxygen atoms in total. The van der Waals surface area contributed by atoms with Crippen LogP contribution in [0.15, 0.2) is 17.5 Å². The zero-order valence-electron chi connectivity index (χ0n) is 5.20. The van der Waals surface area contributed by atoms with Gasteiger partial charge >= 0.3 is 0 Å². The molecule has 4 heteroatoms. The fourth-order valence-electron chi connectivity index (χ4n) is 0.506. The number of hydrogen-bond acceptors (Lipinski definition) is 3. The van der Waals surface area contributed by atoms with Gasteiger partial charge in [0.05, 0.1) is 11.1 Å². The molecule has 0 aliphatic rings. The van der Waals surface area contributed by atoms with Gasteiger partial charge in [0, 0.05) is 0 Å². The van der Waals surface area contributed by atoms with Gasteiger partial charge in [-0.05, 0) is 17.5 Å². The van der Waals surface area contributed by atoms with E-state index in [2.05, 4.69) is 5.32 Å². The molecule has 1 aromatic heterocycles. The number of rotatable bonds is 2. The second-order valence-electron chi connectivity index (χ2n) is 1.49. The molecular formula is C6H7ClN2S. The lowest BCUT2D eigenvalue weighted by Gasteiger charge is -1.91. The van der Waals surface area contributed by atoms with Crippen molar-refractivity contribution >= 4 is 28.7 Å². The van der Waals surface area contributed by atoms with E-state index in [0.29, 0.717) is 6.54 Å². The molecule has 0 aromatic carbocycles. The number of nitrogens with zero attached hydrogens (tertiary/aromatic N) is 1. The van der Waals surface area contributed by atoms with Crippen LogP contribution in [0.3, 0.4) is 0 Å². The maximum Gasteiger partial charge on any atom is 0.103 e. The Labute approximate surface area is 69.9 Å². The second-order valence-corrected chi connectivity index (χ2v) is 2.44. The summed E-state index contributed by atoms with van der Waals surface area (Å²) in [5, 5.41) is 14.1. The van der Waals surface area contributed by atoms with Crippen LogP contribution < -0.4 is 5.32 Å². The van der Waals surface area contributed by atoms with Crippen LogP contribution in [0.1, 0.15) is 0 Å². The predicted molar refractivity (Wildman–Crippen MR) is 45.7 cm³/mol. The number of anilines is 1. The van der Waals surface area contributed by atoms with E-state index in [-0.39, 0.29) is 12.4 Å². The molecule has 0 spiro atoms. The van der Waals surface area contributed by atoms with Gasteiger partial charge in [-0.3, -0.25) is 0 Å². The van der Waals surface area contributed by atoms with Crippen molar-refractivity contribution in [3.63, 3.8) is 0 Å². The van der Waals surface area contributed by atoms with Gasteiger partial charge < -0.3 is 5.32 Å². The number of thiophene rings is 1. The highest BCUT2D eigenvalue weighted by atomic mass is 35.5. The van der Waals surface area contributed by atoms with Gasteiger partial charge in [0.2, 0.25) is 0 Å². The molecule has 0 bridgehead atoms. The zero-order valence-corrected chi connectivity index (χ0v) is 6.84. The lowest BCUT2D eigenvalue weighted by Crippen LogP contribution is -1.94. The highest BCUT2D eigenvalue weighted by molar-refractivity contribution is 7.14. The van der Waals surface area contributed by atoms with E-state index in [1.165, 1.54) is 0 Å². The monoisotopic (exact) mass is 174 g/mol. The van der Waals surface area contributed by atoms with Crippen LogP contribution in [0.5, 0.6) is 0 Å². The molecule has 1 aromatic rings. The van der Waals surface area contributed by atoms with Gasteiger partial charge in [-0.25, -0.2) is 0 Å². The van der Waals surface area contributed by atoms with Crippen molar-refractivity contribution in [2.24, 2.45) is 0 Å². The zero-order chi connectivity index (χ0) is 6.53. The standard InChI is InChI=1S/C6H6N2S.ClH/c7-3-4-8-6-2-1-5-9-6;/h1-2,5,8H,4H2;1H. The fraction of sp³-hybridized carbons (Fsp3) is 0.167. The molecule has 0 saturated carbocycles. The molecule has 0 aliphatic carbocycles. The molecule has 0 unspecified atom stereocenters. The van der Waals surface area contributed by atoms with E-state index in [0.717, 1.165) is 5.00 Å². The van der Waals surface area contributed by atoms with Crippen molar-refractivity contribution in [2.75, 3.05) is 11.9 Å². The third-order valence-electron chi connectivity index (χ3n) is 0.863. The predicted octanol–water partition coefficient (Wildman–Crippen LogP) is 2.11. The summed E-state index contributed by atoms with van der Waals surface area (Å²) in [6, 6.07) is 5.90. The molecule has 54 valence electrons. The SMILES string of the molecule is Cl.N#CCNc1cccs1. The quantitative estimate of drug-likeness (QED) is 0.698. The molecule has 1 N–H and O–H groups in total. The smallest absolute Gasteiger partial charge is 0.103 e. The Bertz CT molecular complexity index is 202. The van der Waals surface area contributed by atoms with Crippen molar-refractivity contribution in [1.29, 1.82) is 5.26 Å². The summed E-state index contributed by atoms with van der Waals surface area (Å²) in [7, 11) is 0. The summed E-state index contributed by atoms with van der Waals surface area (Å²) >= 11 is 1.60. The number of nitriles is 1. The summed E-state index contributed by atoms with van der Waals surface area (Å²) in [5.41, 5.74) is 0. The van der Waals surface area contributed by atoms with Crippen LogP contribution in [0, 0.1) is 11.3 Å². The molecule has 0 amide bonds. The Morgan fingerprint density at radius 1 is 1.70 bits per heavy atom. The average Bonchev–Trinajstić information content (AvgIpc) is 2.34. The maximum atomic E-state index is 8.16. The van der Waals surface area contributed by atoms with Gasteiger partial charge in [-0.2, -0.15) is 5.26 Å². The van der Waals surface area contributed by atoms with E-state index < -0.39 is 0 Å². The van der Waals surface area contributed by atoms with Crippen LogP contribution in [-0.2, 0) is 0 Å². The molecule has 10 heavy (non-hydrogen) atoms. The molecule has 0 radical (unpaired) electrons. The van der Waals surface area contributed by atoms with Crippen LogP contribution in [-0.4, -0.2) is 6.54 Å². The number of halogens is 1. The first-order valence-corrected chi connectivity index (χ1v) is 3.46. The minimum atomic E-state index is 0. The molecule has 1 rings (SSSR count). The van der Waals surface area contributed by atoms with Gasteiger partial charge in [0.1, 0.15) is 6.54 Å².